The second-order valence-electron chi connectivity index (χ2n) is 5.99. The molecule has 4 nitrogen and oxygen atoms in total. The van der Waals surface area contributed by atoms with Gasteiger partial charge in [0, 0.05) is 24.2 Å². The predicted molar refractivity (Wildman–Crippen MR) is 97.8 cm³/mol. The first-order valence-corrected chi connectivity index (χ1v) is 9.00. The summed E-state index contributed by atoms with van der Waals surface area (Å²) >= 11 is 1.66. The van der Waals surface area contributed by atoms with Crippen LogP contribution in [0, 0.1) is 0 Å². The minimum Gasteiger partial charge on any atom is -0.330 e. The Hall–Kier alpha value is -2.53. The van der Waals surface area contributed by atoms with Gasteiger partial charge in [-0.3, -0.25) is 9.36 Å². The number of hydrogen-bond acceptors (Lipinski definition) is 3. The van der Waals surface area contributed by atoms with E-state index in [1.165, 1.54) is 5.56 Å². The van der Waals surface area contributed by atoms with E-state index in [9.17, 15) is 4.79 Å². The molecule has 0 saturated carbocycles. The van der Waals surface area contributed by atoms with Gasteiger partial charge in [-0.1, -0.05) is 60.3 Å². The molecule has 0 aliphatic carbocycles. The number of rotatable bonds is 2. The Morgan fingerprint density at radius 3 is 2.71 bits per heavy atom. The minimum absolute atomic E-state index is 0.0760. The lowest BCUT2D eigenvalue weighted by molar-refractivity contribution is 0.663. The first-order valence-electron chi connectivity index (χ1n) is 8.01. The summed E-state index contributed by atoms with van der Waals surface area (Å²) in [4.78, 5) is 17.9. The molecule has 1 aliphatic heterocycles. The number of para-hydroxylation sites is 1. The number of benzene rings is 2. The van der Waals surface area contributed by atoms with Crippen LogP contribution in [0.5, 0.6) is 0 Å². The van der Waals surface area contributed by atoms with Crippen molar-refractivity contribution in [3.8, 4) is 0 Å². The Morgan fingerprint density at radius 1 is 1.04 bits per heavy atom. The van der Waals surface area contributed by atoms with E-state index in [2.05, 4.69) is 28.8 Å². The molecule has 24 heavy (non-hydrogen) atoms. The number of aromatic nitrogens is 3. The SMILES string of the molecule is O=c1c2c(nc3n1CCS3)c1ccccc1n2Cc1ccccc1. The van der Waals surface area contributed by atoms with Crippen LogP contribution in [-0.4, -0.2) is 19.9 Å². The fraction of sp³-hybridized carbons (Fsp3) is 0.158. The van der Waals surface area contributed by atoms with Gasteiger partial charge in [-0.05, 0) is 11.6 Å². The molecule has 0 amide bonds. The molecule has 1 aliphatic rings. The molecule has 5 heteroatoms. The van der Waals surface area contributed by atoms with E-state index in [1.807, 2.05) is 34.9 Å². The monoisotopic (exact) mass is 333 g/mol. The molecule has 4 aromatic rings. The summed E-state index contributed by atoms with van der Waals surface area (Å²) in [5.41, 5.74) is 3.86. The molecule has 0 bridgehead atoms. The molecule has 118 valence electrons. The second-order valence-corrected chi connectivity index (χ2v) is 7.05. The van der Waals surface area contributed by atoms with Crippen molar-refractivity contribution in [2.45, 2.75) is 18.2 Å². The van der Waals surface area contributed by atoms with Crippen molar-refractivity contribution in [2.75, 3.05) is 5.75 Å². The topological polar surface area (TPSA) is 39.8 Å². The van der Waals surface area contributed by atoms with Crippen molar-refractivity contribution >= 4 is 33.7 Å². The number of thioether (sulfide) groups is 1. The van der Waals surface area contributed by atoms with Crippen LogP contribution >= 0.6 is 11.8 Å². The lowest BCUT2D eigenvalue weighted by Gasteiger charge is -2.08. The van der Waals surface area contributed by atoms with Crippen molar-refractivity contribution in [3.63, 3.8) is 0 Å². The van der Waals surface area contributed by atoms with Crippen LogP contribution in [0.2, 0.25) is 0 Å². The highest BCUT2D eigenvalue weighted by Crippen LogP contribution is 2.30. The van der Waals surface area contributed by atoms with Crippen LogP contribution in [-0.2, 0) is 13.1 Å². The van der Waals surface area contributed by atoms with E-state index in [0.717, 1.165) is 33.9 Å². The average molecular weight is 333 g/mol. The molecule has 2 aromatic heterocycles. The van der Waals surface area contributed by atoms with Gasteiger partial charge in [0.25, 0.3) is 5.56 Å². The van der Waals surface area contributed by atoms with Crippen LogP contribution in [0.3, 0.4) is 0 Å². The molecule has 5 rings (SSSR count). The molecule has 0 N–H and O–H groups in total. The van der Waals surface area contributed by atoms with Gasteiger partial charge in [-0.2, -0.15) is 0 Å². The zero-order valence-electron chi connectivity index (χ0n) is 13.0. The normalized spacial score (nSPS) is 13.7. The Balaban J connectivity index is 1.88. The lowest BCUT2D eigenvalue weighted by atomic mass is 10.2. The highest BCUT2D eigenvalue weighted by molar-refractivity contribution is 7.99. The molecular weight excluding hydrogens is 318 g/mol. The molecule has 0 saturated heterocycles. The molecule has 0 fully saturated rings. The van der Waals surface area contributed by atoms with Gasteiger partial charge in [0.05, 0.1) is 5.52 Å². The predicted octanol–water partition coefficient (Wildman–Crippen LogP) is 3.51. The highest BCUT2D eigenvalue weighted by atomic mass is 32.2. The Labute approximate surface area is 142 Å². The van der Waals surface area contributed by atoms with E-state index < -0.39 is 0 Å². The summed E-state index contributed by atoms with van der Waals surface area (Å²) in [6, 6.07) is 18.4. The van der Waals surface area contributed by atoms with Crippen LogP contribution in [0.1, 0.15) is 5.56 Å². The van der Waals surface area contributed by atoms with E-state index in [0.29, 0.717) is 12.1 Å². The van der Waals surface area contributed by atoms with Crippen LogP contribution < -0.4 is 5.56 Å². The molecule has 0 spiro atoms. The number of fused-ring (bicyclic) bond motifs is 4. The van der Waals surface area contributed by atoms with Gasteiger partial charge in [0.1, 0.15) is 11.0 Å². The summed E-state index contributed by atoms with van der Waals surface area (Å²) in [5, 5.41) is 1.89. The van der Waals surface area contributed by atoms with Crippen LogP contribution in [0.4, 0.5) is 0 Å². The fourth-order valence-electron chi connectivity index (χ4n) is 3.45. The van der Waals surface area contributed by atoms with Crippen molar-refractivity contribution in [2.24, 2.45) is 0 Å². The third kappa shape index (κ3) is 1.94. The van der Waals surface area contributed by atoms with Crippen LogP contribution in [0.25, 0.3) is 21.9 Å². The summed E-state index contributed by atoms with van der Waals surface area (Å²) in [6.45, 7) is 1.42. The summed E-state index contributed by atoms with van der Waals surface area (Å²) in [5.74, 6) is 0.922. The van der Waals surface area contributed by atoms with Gasteiger partial charge < -0.3 is 4.57 Å². The molecule has 3 heterocycles. The van der Waals surface area contributed by atoms with Gasteiger partial charge in [0.2, 0.25) is 0 Å². The molecule has 0 unspecified atom stereocenters. The van der Waals surface area contributed by atoms with Crippen molar-refractivity contribution in [1.82, 2.24) is 14.1 Å². The average Bonchev–Trinajstić information content (AvgIpc) is 3.21. The summed E-state index contributed by atoms with van der Waals surface area (Å²) in [7, 11) is 0. The first-order chi connectivity index (χ1) is 11.8. The second kappa shape index (κ2) is 5.24. The summed E-state index contributed by atoms with van der Waals surface area (Å²) in [6.07, 6.45) is 0. The van der Waals surface area contributed by atoms with Crippen molar-refractivity contribution < 1.29 is 0 Å². The maximum atomic E-state index is 13.1. The van der Waals surface area contributed by atoms with E-state index in [4.69, 9.17) is 4.98 Å². The maximum Gasteiger partial charge on any atom is 0.278 e. The zero-order chi connectivity index (χ0) is 16.1. The first kappa shape index (κ1) is 13.9. The van der Waals surface area contributed by atoms with Gasteiger partial charge in [0.15, 0.2) is 5.16 Å². The van der Waals surface area contributed by atoms with Crippen molar-refractivity contribution in [3.05, 3.63) is 70.5 Å². The third-order valence-electron chi connectivity index (χ3n) is 4.56. The molecule has 2 aromatic carbocycles. The highest BCUT2D eigenvalue weighted by Gasteiger charge is 2.22. The molecular formula is C19H15N3OS. The number of nitrogens with zero attached hydrogens (tertiary/aromatic N) is 3. The van der Waals surface area contributed by atoms with Gasteiger partial charge >= 0.3 is 0 Å². The maximum absolute atomic E-state index is 13.1. The fourth-order valence-corrected chi connectivity index (χ4v) is 4.39. The molecule has 0 radical (unpaired) electrons. The standard InChI is InChI=1S/C19H15N3OS/c23-18-17-16(20-19-21(18)10-11-24-19)14-8-4-5-9-15(14)22(17)12-13-6-2-1-3-7-13/h1-9H,10-12H2. The quantitative estimate of drug-likeness (QED) is 0.527. The smallest absolute Gasteiger partial charge is 0.278 e. The van der Waals surface area contributed by atoms with E-state index in [-0.39, 0.29) is 5.56 Å². The number of hydrogen-bond donors (Lipinski definition) is 0. The van der Waals surface area contributed by atoms with Gasteiger partial charge in [-0.15, -0.1) is 0 Å². The Morgan fingerprint density at radius 2 is 1.83 bits per heavy atom. The Bertz CT molecular complexity index is 1130. The molecule has 0 atom stereocenters. The van der Waals surface area contributed by atoms with Crippen LogP contribution in [0.15, 0.2) is 64.5 Å². The largest absolute Gasteiger partial charge is 0.330 e. The Kier molecular flexibility index (Phi) is 3.03. The van der Waals surface area contributed by atoms with Gasteiger partial charge in [-0.25, -0.2) is 4.98 Å². The van der Waals surface area contributed by atoms with E-state index >= 15 is 0 Å². The van der Waals surface area contributed by atoms with E-state index in [1.54, 1.807) is 11.8 Å². The lowest BCUT2D eigenvalue weighted by Crippen LogP contribution is -2.22. The minimum atomic E-state index is 0.0760. The third-order valence-corrected chi connectivity index (χ3v) is 5.52. The van der Waals surface area contributed by atoms with Crippen molar-refractivity contribution in [1.29, 1.82) is 0 Å². The zero-order valence-corrected chi connectivity index (χ0v) is 13.8. The summed E-state index contributed by atoms with van der Waals surface area (Å²) < 4.78 is 3.93.